The highest BCUT2D eigenvalue weighted by Crippen LogP contribution is 2.22. The van der Waals surface area contributed by atoms with Crippen LogP contribution in [0.4, 0.5) is 5.69 Å². The van der Waals surface area contributed by atoms with Crippen LogP contribution in [-0.2, 0) is 14.3 Å². The molecule has 0 spiro atoms. The molecule has 2 aromatic carbocycles. The van der Waals surface area contributed by atoms with E-state index in [0.29, 0.717) is 44.0 Å². The zero-order chi connectivity index (χ0) is 24.3. The zero-order valence-corrected chi connectivity index (χ0v) is 19.2. The minimum atomic E-state index is -0.394. The molecule has 1 aliphatic heterocycles. The van der Waals surface area contributed by atoms with Gasteiger partial charge in [-0.2, -0.15) is 0 Å². The molecule has 1 aliphatic rings. The fraction of sp³-hybridized carbons (Fsp3) is 0.346. The van der Waals surface area contributed by atoms with Gasteiger partial charge in [-0.05, 0) is 43.3 Å². The van der Waals surface area contributed by atoms with Gasteiger partial charge in [0, 0.05) is 47.3 Å². The van der Waals surface area contributed by atoms with Crippen LogP contribution in [0.25, 0.3) is 0 Å². The van der Waals surface area contributed by atoms with Crippen molar-refractivity contribution in [3.8, 4) is 11.8 Å². The first-order chi connectivity index (χ1) is 16.5. The van der Waals surface area contributed by atoms with Crippen molar-refractivity contribution >= 4 is 23.3 Å². The van der Waals surface area contributed by atoms with Gasteiger partial charge in [-0.15, -0.1) is 0 Å². The number of carbonyl (C=O) groups is 2. The lowest BCUT2D eigenvalue weighted by atomic mass is 9.88. The second kappa shape index (κ2) is 12.5. The SMILES string of the molecule is CCOC(=O)COCC1CNCC1C(=O)c1ccc(C#CCNc2ccc(C(=N)N)cc2)cc1. The predicted octanol–water partition coefficient (Wildman–Crippen LogP) is 2.03. The molecule has 178 valence electrons. The molecule has 1 heterocycles. The van der Waals surface area contributed by atoms with E-state index in [1.165, 1.54) is 0 Å². The van der Waals surface area contributed by atoms with Crippen molar-refractivity contribution in [1.82, 2.24) is 5.32 Å². The second-order valence-electron chi connectivity index (χ2n) is 7.93. The van der Waals surface area contributed by atoms with Crippen LogP contribution >= 0.6 is 0 Å². The first-order valence-corrected chi connectivity index (χ1v) is 11.2. The van der Waals surface area contributed by atoms with Crippen molar-refractivity contribution in [3.05, 3.63) is 65.2 Å². The van der Waals surface area contributed by atoms with Crippen molar-refractivity contribution in [1.29, 1.82) is 5.41 Å². The van der Waals surface area contributed by atoms with Crippen molar-refractivity contribution in [2.24, 2.45) is 17.6 Å². The van der Waals surface area contributed by atoms with Crippen LogP contribution in [0.2, 0.25) is 0 Å². The number of nitrogens with one attached hydrogen (secondary N) is 3. The minimum absolute atomic E-state index is 0.0111. The molecule has 1 saturated heterocycles. The van der Waals surface area contributed by atoms with E-state index in [0.717, 1.165) is 11.3 Å². The van der Waals surface area contributed by atoms with Gasteiger partial charge in [-0.3, -0.25) is 10.2 Å². The summed E-state index contributed by atoms with van der Waals surface area (Å²) in [6.45, 7) is 4.02. The molecule has 3 rings (SSSR count). The number of hydrogen-bond acceptors (Lipinski definition) is 7. The van der Waals surface area contributed by atoms with Crippen LogP contribution in [-0.4, -0.2) is 57.0 Å². The number of hydrogen-bond donors (Lipinski definition) is 4. The summed E-state index contributed by atoms with van der Waals surface area (Å²) in [7, 11) is 0. The number of rotatable bonds is 10. The number of carbonyl (C=O) groups excluding carboxylic acids is 2. The summed E-state index contributed by atoms with van der Waals surface area (Å²) in [4.78, 5) is 24.4. The minimum Gasteiger partial charge on any atom is -0.464 e. The van der Waals surface area contributed by atoms with Gasteiger partial charge < -0.3 is 25.8 Å². The molecule has 0 saturated carbocycles. The van der Waals surface area contributed by atoms with Crippen molar-refractivity contribution < 1.29 is 19.1 Å². The summed E-state index contributed by atoms with van der Waals surface area (Å²) in [5, 5.41) is 13.9. The van der Waals surface area contributed by atoms with Crippen molar-refractivity contribution in [2.75, 3.05) is 44.8 Å². The maximum absolute atomic E-state index is 13.0. The van der Waals surface area contributed by atoms with Crippen LogP contribution < -0.4 is 16.4 Å². The van der Waals surface area contributed by atoms with E-state index in [1.54, 1.807) is 31.2 Å². The molecule has 1 fully saturated rings. The number of ether oxygens (including phenoxy) is 2. The van der Waals surface area contributed by atoms with E-state index in [9.17, 15) is 9.59 Å². The van der Waals surface area contributed by atoms with Gasteiger partial charge in [0.05, 0.1) is 19.8 Å². The Bertz CT molecular complexity index is 1050. The third kappa shape index (κ3) is 7.17. The molecule has 0 amide bonds. The Balaban J connectivity index is 1.49. The Morgan fingerprint density at radius 3 is 2.50 bits per heavy atom. The van der Waals surface area contributed by atoms with Gasteiger partial charge in [0.1, 0.15) is 12.4 Å². The molecule has 0 radical (unpaired) electrons. The number of amidine groups is 1. The van der Waals surface area contributed by atoms with E-state index in [4.69, 9.17) is 20.6 Å². The molecule has 2 unspecified atom stereocenters. The highest BCUT2D eigenvalue weighted by molar-refractivity contribution is 5.98. The van der Waals surface area contributed by atoms with Gasteiger partial charge in [0.2, 0.25) is 0 Å². The lowest BCUT2D eigenvalue weighted by Gasteiger charge is -2.17. The molecule has 2 aromatic rings. The number of nitrogens with two attached hydrogens (primary N) is 1. The van der Waals surface area contributed by atoms with Crippen LogP contribution in [0.15, 0.2) is 48.5 Å². The molecule has 34 heavy (non-hydrogen) atoms. The van der Waals surface area contributed by atoms with Gasteiger partial charge in [0.15, 0.2) is 5.78 Å². The maximum atomic E-state index is 13.0. The topological polar surface area (TPSA) is 127 Å². The smallest absolute Gasteiger partial charge is 0.332 e. The molecule has 0 aromatic heterocycles. The fourth-order valence-corrected chi connectivity index (χ4v) is 3.70. The van der Waals surface area contributed by atoms with E-state index in [1.807, 2.05) is 24.3 Å². The average Bonchev–Trinajstić information content (AvgIpc) is 3.31. The number of nitrogen functional groups attached to an aromatic ring is 1. The third-order valence-electron chi connectivity index (χ3n) is 5.51. The monoisotopic (exact) mass is 462 g/mol. The van der Waals surface area contributed by atoms with Gasteiger partial charge >= 0.3 is 5.97 Å². The van der Waals surface area contributed by atoms with Crippen LogP contribution in [0.1, 0.15) is 28.4 Å². The molecule has 5 N–H and O–H groups in total. The van der Waals surface area contributed by atoms with E-state index >= 15 is 0 Å². The maximum Gasteiger partial charge on any atom is 0.332 e. The first-order valence-electron chi connectivity index (χ1n) is 11.2. The first kappa shape index (κ1) is 25.0. The molecule has 8 heteroatoms. The molecular formula is C26H30N4O4. The van der Waals surface area contributed by atoms with Gasteiger partial charge in [-0.25, -0.2) is 4.79 Å². The number of esters is 1. The van der Waals surface area contributed by atoms with Gasteiger partial charge in [-0.1, -0.05) is 24.0 Å². The highest BCUT2D eigenvalue weighted by atomic mass is 16.6. The summed E-state index contributed by atoms with van der Waals surface area (Å²) in [6.07, 6.45) is 0. The Labute approximate surface area is 199 Å². The van der Waals surface area contributed by atoms with Crippen LogP contribution in [0.3, 0.4) is 0 Å². The normalized spacial score (nSPS) is 16.9. The van der Waals surface area contributed by atoms with E-state index in [2.05, 4.69) is 22.5 Å². The Kier molecular flexibility index (Phi) is 9.21. The van der Waals surface area contributed by atoms with Crippen LogP contribution in [0.5, 0.6) is 0 Å². The third-order valence-corrected chi connectivity index (χ3v) is 5.51. The van der Waals surface area contributed by atoms with Crippen LogP contribution in [0, 0.1) is 29.1 Å². The summed E-state index contributed by atoms with van der Waals surface area (Å²) in [5.74, 6) is 5.66. The summed E-state index contributed by atoms with van der Waals surface area (Å²) >= 11 is 0. The Hall–Kier alpha value is -3.67. The molecular weight excluding hydrogens is 432 g/mol. The molecule has 0 aliphatic carbocycles. The van der Waals surface area contributed by atoms with Crippen molar-refractivity contribution in [2.45, 2.75) is 6.92 Å². The number of ketones is 1. The Morgan fingerprint density at radius 1 is 1.12 bits per heavy atom. The lowest BCUT2D eigenvalue weighted by Crippen LogP contribution is -2.27. The fourth-order valence-electron chi connectivity index (χ4n) is 3.70. The van der Waals surface area contributed by atoms with E-state index in [-0.39, 0.29) is 30.1 Å². The number of anilines is 1. The summed E-state index contributed by atoms with van der Waals surface area (Å²) in [5.41, 5.74) is 8.49. The predicted molar refractivity (Wildman–Crippen MR) is 131 cm³/mol. The molecule has 0 bridgehead atoms. The quantitative estimate of drug-likeness (QED) is 0.140. The average molecular weight is 463 g/mol. The zero-order valence-electron chi connectivity index (χ0n) is 19.2. The largest absolute Gasteiger partial charge is 0.464 e. The van der Waals surface area contributed by atoms with E-state index < -0.39 is 5.97 Å². The summed E-state index contributed by atoms with van der Waals surface area (Å²) < 4.78 is 10.3. The number of Topliss-reactive ketones (excluding diaryl/α,β-unsaturated/α-hetero) is 1. The second-order valence-corrected chi connectivity index (χ2v) is 7.93. The lowest BCUT2D eigenvalue weighted by molar-refractivity contribution is -0.148. The summed E-state index contributed by atoms with van der Waals surface area (Å²) in [6, 6.07) is 14.6. The number of benzene rings is 2. The van der Waals surface area contributed by atoms with Crippen molar-refractivity contribution in [3.63, 3.8) is 0 Å². The Morgan fingerprint density at radius 2 is 1.82 bits per heavy atom. The standard InChI is InChI=1S/C26H30N4O4/c1-2-34-24(31)17-33-16-21-14-29-15-23(21)25(32)19-7-5-18(6-8-19)4-3-13-30-22-11-9-20(10-12-22)26(27)28/h5-12,21,23,29-30H,2,13-17H2,1H3,(H3,27,28). The molecule has 2 atom stereocenters. The highest BCUT2D eigenvalue weighted by Gasteiger charge is 2.33. The molecule has 8 nitrogen and oxygen atoms in total. The van der Waals surface area contributed by atoms with Gasteiger partial charge in [0.25, 0.3) is 0 Å².